The number of halogens is 3. The highest BCUT2D eigenvalue weighted by Gasteiger charge is 2.58. The molecule has 2 N–H and O–H groups in total. The zero-order valence-electron chi connectivity index (χ0n) is 38.2. The Labute approximate surface area is 401 Å². The summed E-state index contributed by atoms with van der Waals surface area (Å²) in [6.45, 7) is 10.2. The first-order valence-electron chi connectivity index (χ1n) is 22.8. The van der Waals surface area contributed by atoms with Crippen molar-refractivity contribution in [2.24, 2.45) is 5.92 Å². The highest BCUT2D eigenvalue weighted by Crippen LogP contribution is 2.57. The largest absolute Gasteiger partial charge is 0.388 e. The second-order valence-corrected chi connectivity index (χ2v) is 17.8. The van der Waals surface area contributed by atoms with E-state index in [0.29, 0.717) is 11.6 Å². The lowest BCUT2D eigenvalue weighted by Gasteiger charge is -2.16. The molecule has 348 valence electrons. The number of amides is 1. The number of thiazole rings is 1. The van der Waals surface area contributed by atoms with Crippen LogP contribution in [0.15, 0.2) is 164 Å². The van der Waals surface area contributed by atoms with Crippen LogP contribution in [0.2, 0.25) is 0 Å². The molecule has 3 unspecified atom stereocenters. The molecule has 0 bridgehead atoms. The van der Waals surface area contributed by atoms with Gasteiger partial charge in [0.25, 0.3) is 0 Å². The van der Waals surface area contributed by atoms with E-state index >= 15 is 0 Å². The number of carbonyl (C=O) groups excluding carboxylic acids is 1. The Morgan fingerprint density at radius 3 is 1.68 bits per heavy atom. The zero-order chi connectivity index (χ0) is 48.2. The van der Waals surface area contributed by atoms with Gasteiger partial charge in [0, 0.05) is 39.1 Å². The predicted octanol–water partition coefficient (Wildman–Crippen LogP) is 13.1. The van der Waals surface area contributed by atoms with Gasteiger partial charge < -0.3 is 10.4 Å². The molecule has 0 radical (unpaired) electrons. The van der Waals surface area contributed by atoms with Crippen molar-refractivity contribution in [2.75, 3.05) is 5.32 Å². The minimum atomic E-state index is -0.450. The van der Waals surface area contributed by atoms with Crippen LogP contribution < -0.4 is 5.32 Å². The summed E-state index contributed by atoms with van der Waals surface area (Å²) in [5.74, 6) is -0.802. The summed E-state index contributed by atoms with van der Waals surface area (Å²) in [6, 6.07) is 37.0. The summed E-state index contributed by atoms with van der Waals surface area (Å²) in [7, 11) is 0. The lowest BCUT2D eigenvalue weighted by Crippen LogP contribution is -2.20. The second-order valence-electron chi connectivity index (χ2n) is 16.9. The summed E-state index contributed by atoms with van der Waals surface area (Å²) in [6.07, 6.45) is 9.96. The Morgan fingerprint density at radius 1 is 0.710 bits per heavy atom. The molecule has 0 spiro atoms. The van der Waals surface area contributed by atoms with E-state index < -0.39 is 6.10 Å². The van der Waals surface area contributed by atoms with Crippen LogP contribution >= 0.6 is 11.3 Å². The monoisotopic (exact) mass is 942 g/mol. The number of anilines is 1. The highest BCUT2D eigenvalue weighted by molar-refractivity contribution is 7.13. The average Bonchev–Trinajstić information content (AvgIpc) is 3.90. The van der Waals surface area contributed by atoms with E-state index in [2.05, 4.69) is 70.3 Å². The number of nitrogens with zero attached hydrogens (tertiary/aromatic N) is 7. The van der Waals surface area contributed by atoms with Crippen LogP contribution in [0.1, 0.15) is 69.2 Å². The molecule has 1 amide bonds. The first-order valence-corrected chi connectivity index (χ1v) is 23.6. The van der Waals surface area contributed by atoms with Crippen LogP contribution in [0.4, 0.5) is 18.3 Å². The van der Waals surface area contributed by atoms with Gasteiger partial charge in [0.05, 0.1) is 58.3 Å². The number of aliphatic hydroxyl groups excluding tert-OH is 1. The minimum absolute atomic E-state index is 0.0314. The maximum atomic E-state index is 13.2. The van der Waals surface area contributed by atoms with E-state index in [1.807, 2.05) is 59.7 Å². The van der Waals surface area contributed by atoms with Gasteiger partial charge in [-0.1, -0.05) is 45.5 Å². The third-order valence-corrected chi connectivity index (χ3v) is 13.5. The number of allylic oxidation sites excluding steroid dienone is 1. The van der Waals surface area contributed by atoms with Gasteiger partial charge in [-0.15, -0.1) is 11.3 Å². The van der Waals surface area contributed by atoms with Crippen LogP contribution in [0, 0.1) is 23.4 Å². The van der Waals surface area contributed by atoms with Crippen molar-refractivity contribution in [3.63, 3.8) is 0 Å². The summed E-state index contributed by atoms with van der Waals surface area (Å²) in [5.41, 5.74) is 9.52. The first-order chi connectivity index (χ1) is 33.5. The van der Waals surface area contributed by atoms with Crippen LogP contribution in [0.3, 0.4) is 0 Å². The van der Waals surface area contributed by atoms with Gasteiger partial charge in [-0.2, -0.15) is 15.3 Å². The van der Waals surface area contributed by atoms with Crippen LogP contribution in [0.5, 0.6) is 0 Å². The maximum Gasteiger partial charge on any atom is 0.230 e. The number of aromatic nitrogens is 7. The first kappa shape index (κ1) is 46.4. The normalized spacial score (nSPS) is 15.6. The summed E-state index contributed by atoms with van der Waals surface area (Å²) in [4.78, 5) is 16.9. The Balaban J connectivity index is 0.000000133. The van der Waals surface area contributed by atoms with Crippen LogP contribution in [-0.2, 0) is 10.2 Å². The third kappa shape index (κ3) is 9.72. The minimum Gasteiger partial charge on any atom is -0.388 e. The van der Waals surface area contributed by atoms with Crippen molar-refractivity contribution in [1.82, 2.24) is 34.3 Å². The molecule has 1 aliphatic carbocycles. The molecule has 6 aromatic carbocycles. The van der Waals surface area contributed by atoms with E-state index in [-0.39, 0.29) is 34.7 Å². The van der Waals surface area contributed by atoms with Crippen LogP contribution in [0.25, 0.3) is 55.3 Å². The topological polar surface area (TPSA) is 116 Å². The standard InChI is InChI=1S/C22H19FN4OS.C17H15FN2.C16H15FN2O/c1-2-22(12-18(22)20(28)26-21-24-9-10-29-21)15-3-8-19-14(11-15)13-25-27(19)17-6-4-16(23)5-7-17;1-3-12(2)13-4-9-17-14(10-13)11-19-20(17)16-7-5-15(18)6-8-16;1-2-16(20)11-3-8-15-12(9-11)10-18-19(15)14-6-4-13(17)5-7-14/h3-11,13,18H,2,12H2,1H3,(H,24,26,28);4-11H,2-3H2,1H3;3-10,16,20H,2H2,1H3. The van der Waals surface area contributed by atoms with Gasteiger partial charge >= 0.3 is 0 Å². The van der Waals surface area contributed by atoms with Crippen molar-refractivity contribution in [1.29, 1.82) is 0 Å². The molecule has 14 heteroatoms. The molecule has 1 aliphatic rings. The Morgan fingerprint density at radius 2 is 1.20 bits per heavy atom. The fourth-order valence-electron chi connectivity index (χ4n) is 8.70. The quantitative estimate of drug-likeness (QED) is 0.133. The van der Waals surface area contributed by atoms with Crippen LogP contribution in [-0.4, -0.2) is 45.3 Å². The number of nitrogens with one attached hydrogen (secondary N) is 1. The molecule has 4 aromatic heterocycles. The van der Waals surface area contributed by atoms with E-state index in [0.717, 1.165) is 91.3 Å². The molecule has 0 saturated heterocycles. The van der Waals surface area contributed by atoms with E-state index in [9.17, 15) is 23.1 Å². The molecular formula is C55H49F3N8O2S. The molecule has 11 rings (SSSR count). The van der Waals surface area contributed by atoms with Gasteiger partial charge in [-0.25, -0.2) is 32.2 Å². The lowest BCUT2D eigenvalue weighted by molar-refractivity contribution is -0.117. The Kier molecular flexibility index (Phi) is 13.4. The van der Waals surface area contributed by atoms with Crippen molar-refractivity contribution in [2.45, 2.75) is 58.0 Å². The van der Waals surface area contributed by atoms with Gasteiger partial charge in [-0.05, 0) is 157 Å². The second kappa shape index (κ2) is 19.9. The molecule has 0 aliphatic heterocycles. The van der Waals surface area contributed by atoms with E-state index in [1.54, 1.807) is 58.2 Å². The smallest absolute Gasteiger partial charge is 0.230 e. The predicted molar refractivity (Wildman–Crippen MR) is 268 cm³/mol. The molecule has 10 nitrogen and oxygen atoms in total. The van der Waals surface area contributed by atoms with Gasteiger partial charge in [0.2, 0.25) is 5.91 Å². The number of rotatable bonds is 11. The number of hydrogen-bond donors (Lipinski definition) is 2. The summed E-state index contributed by atoms with van der Waals surface area (Å²) in [5, 5.41) is 31.5. The van der Waals surface area contributed by atoms with E-state index in [4.69, 9.17) is 0 Å². The fraction of sp³-hybridized carbons (Fsp3) is 0.182. The number of aliphatic hydroxyl groups is 1. The lowest BCUT2D eigenvalue weighted by atomic mass is 9.89. The van der Waals surface area contributed by atoms with Gasteiger partial charge in [-0.3, -0.25) is 4.79 Å². The summed E-state index contributed by atoms with van der Waals surface area (Å²) < 4.78 is 44.6. The fourth-order valence-corrected chi connectivity index (χ4v) is 9.23. The van der Waals surface area contributed by atoms with Crippen molar-refractivity contribution in [3.8, 4) is 17.1 Å². The van der Waals surface area contributed by atoms with Gasteiger partial charge in [0.15, 0.2) is 5.13 Å². The molecule has 69 heavy (non-hydrogen) atoms. The maximum absolute atomic E-state index is 13.2. The Hall–Kier alpha value is -7.68. The highest BCUT2D eigenvalue weighted by atomic mass is 32.1. The Bertz CT molecular complexity index is 3400. The molecular weight excluding hydrogens is 894 g/mol. The number of carbonyl (C=O) groups is 1. The average molecular weight is 943 g/mol. The van der Waals surface area contributed by atoms with Crippen molar-refractivity contribution in [3.05, 3.63) is 198 Å². The van der Waals surface area contributed by atoms with E-state index in [1.165, 1.54) is 47.7 Å². The molecule has 1 saturated carbocycles. The molecule has 3 atom stereocenters. The number of benzene rings is 6. The third-order valence-electron chi connectivity index (χ3n) is 12.8. The van der Waals surface area contributed by atoms with Gasteiger partial charge in [0.1, 0.15) is 17.5 Å². The number of fused-ring (bicyclic) bond motifs is 3. The zero-order valence-corrected chi connectivity index (χ0v) is 39.0. The van der Waals surface area contributed by atoms with Crippen molar-refractivity contribution >= 4 is 60.7 Å². The molecule has 4 heterocycles. The molecule has 10 aromatic rings. The number of hydrogen-bond acceptors (Lipinski definition) is 7. The SMILES string of the molecule is C=C(CC)c1ccc2c(cnn2-c2ccc(F)cc2)c1.CCC(O)c1ccc2c(cnn2-c2ccc(F)cc2)c1.CCC1(c2ccc3c(cnn3-c3ccc(F)cc3)c2)CC1C(=O)Nc1nccs1. The molecule has 1 fully saturated rings. The van der Waals surface area contributed by atoms with Crippen molar-refractivity contribution < 1.29 is 23.1 Å². The summed E-state index contributed by atoms with van der Waals surface area (Å²) >= 11 is 1.43.